The van der Waals surface area contributed by atoms with Crippen LogP contribution in [0.3, 0.4) is 0 Å². The second kappa shape index (κ2) is 6.97. The maximum absolute atomic E-state index is 12.1. The summed E-state index contributed by atoms with van der Waals surface area (Å²) in [7, 11) is 0. The van der Waals surface area contributed by atoms with Crippen molar-refractivity contribution in [2.45, 2.75) is 19.3 Å². The molecule has 0 aliphatic rings. The quantitative estimate of drug-likeness (QED) is 0.584. The second-order valence-electron chi connectivity index (χ2n) is 4.83. The molecule has 2 aromatic rings. The van der Waals surface area contributed by atoms with Crippen LogP contribution in [0.15, 0.2) is 36.4 Å². The van der Waals surface area contributed by atoms with Gasteiger partial charge in [0.15, 0.2) is 0 Å². The standard InChI is InChI=1S/C15H15F3N2O2.ClH/c1-8-2-7-11(19)14(21)12(8)13(20)9-3-5-10(6-4-9)22-15(16,17)18;/h2-7,13,21H,19-20H2,1H3;1H/t13-;/m1./s1. The number of anilines is 1. The van der Waals surface area contributed by atoms with E-state index in [9.17, 15) is 18.3 Å². The number of rotatable bonds is 3. The number of nitrogen functional groups attached to an aromatic ring is 1. The molecule has 0 aromatic heterocycles. The van der Waals surface area contributed by atoms with E-state index in [0.717, 1.165) is 5.56 Å². The van der Waals surface area contributed by atoms with Gasteiger partial charge in [0.1, 0.15) is 11.5 Å². The third kappa shape index (κ3) is 4.43. The molecular weight excluding hydrogens is 333 g/mol. The van der Waals surface area contributed by atoms with E-state index < -0.39 is 12.4 Å². The highest BCUT2D eigenvalue weighted by Gasteiger charge is 2.31. The van der Waals surface area contributed by atoms with Gasteiger partial charge in [-0.05, 0) is 36.2 Å². The number of hydrogen-bond donors (Lipinski definition) is 3. The summed E-state index contributed by atoms with van der Waals surface area (Å²) in [5, 5.41) is 10.0. The summed E-state index contributed by atoms with van der Waals surface area (Å²) in [4.78, 5) is 0. The van der Waals surface area contributed by atoms with Crippen LogP contribution >= 0.6 is 12.4 Å². The van der Waals surface area contributed by atoms with Gasteiger partial charge in [-0.25, -0.2) is 0 Å². The van der Waals surface area contributed by atoms with Crippen molar-refractivity contribution < 1.29 is 23.0 Å². The van der Waals surface area contributed by atoms with Gasteiger partial charge in [0.25, 0.3) is 0 Å². The molecule has 0 unspecified atom stereocenters. The lowest BCUT2D eigenvalue weighted by Crippen LogP contribution is -2.17. The predicted octanol–water partition coefficient (Wildman–Crippen LogP) is 3.65. The van der Waals surface area contributed by atoms with Gasteiger partial charge in [0.2, 0.25) is 0 Å². The first-order valence-electron chi connectivity index (χ1n) is 6.38. The molecule has 2 rings (SSSR count). The van der Waals surface area contributed by atoms with Crippen molar-refractivity contribution in [2.24, 2.45) is 5.73 Å². The van der Waals surface area contributed by atoms with E-state index in [2.05, 4.69) is 4.74 Å². The van der Waals surface area contributed by atoms with Gasteiger partial charge >= 0.3 is 6.36 Å². The molecule has 126 valence electrons. The number of hydrogen-bond acceptors (Lipinski definition) is 4. The largest absolute Gasteiger partial charge is 0.573 e. The molecule has 0 aliphatic heterocycles. The number of benzene rings is 2. The molecule has 0 aliphatic carbocycles. The lowest BCUT2D eigenvalue weighted by molar-refractivity contribution is -0.274. The third-order valence-corrected chi connectivity index (χ3v) is 3.25. The van der Waals surface area contributed by atoms with Crippen molar-refractivity contribution in [2.75, 3.05) is 5.73 Å². The van der Waals surface area contributed by atoms with Crippen LogP contribution < -0.4 is 16.2 Å². The second-order valence-corrected chi connectivity index (χ2v) is 4.83. The number of phenolic OH excluding ortho intramolecular Hbond substituents is 1. The maximum Gasteiger partial charge on any atom is 0.573 e. The van der Waals surface area contributed by atoms with Crippen molar-refractivity contribution in [3.63, 3.8) is 0 Å². The topological polar surface area (TPSA) is 81.5 Å². The van der Waals surface area contributed by atoms with Crippen LogP contribution in [-0.4, -0.2) is 11.5 Å². The average molecular weight is 349 g/mol. The number of phenols is 1. The Kier molecular flexibility index (Phi) is 5.74. The minimum atomic E-state index is -4.74. The molecule has 0 heterocycles. The van der Waals surface area contributed by atoms with E-state index in [4.69, 9.17) is 11.5 Å². The van der Waals surface area contributed by atoms with Crippen molar-refractivity contribution in [1.82, 2.24) is 0 Å². The Morgan fingerprint density at radius 1 is 1.09 bits per heavy atom. The first-order chi connectivity index (χ1) is 10.2. The van der Waals surface area contributed by atoms with Gasteiger partial charge in [0, 0.05) is 5.56 Å². The number of ether oxygens (including phenoxy) is 1. The van der Waals surface area contributed by atoms with E-state index in [0.29, 0.717) is 11.1 Å². The monoisotopic (exact) mass is 348 g/mol. The first-order valence-corrected chi connectivity index (χ1v) is 6.38. The lowest BCUT2D eigenvalue weighted by Gasteiger charge is -2.18. The number of aryl methyl sites for hydroxylation is 1. The Bertz CT molecular complexity index is 676. The molecular formula is C15H16ClF3N2O2. The van der Waals surface area contributed by atoms with E-state index in [1.807, 2.05) is 0 Å². The van der Waals surface area contributed by atoms with Gasteiger partial charge in [-0.15, -0.1) is 25.6 Å². The summed E-state index contributed by atoms with van der Waals surface area (Å²) in [5.74, 6) is -0.458. The van der Waals surface area contributed by atoms with Gasteiger partial charge in [-0.2, -0.15) is 0 Å². The molecule has 1 atom stereocenters. The van der Waals surface area contributed by atoms with Crippen LogP contribution in [0.4, 0.5) is 18.9 Å². The van der Waals surface area contributed by atoms with Gasteiger partial charge in [0.05, 0.1) is 11.7 Å². The van der Waals surface area contributed by atoms with Crippen LogP contribution in [0.25, 0.3) is 0 Å². The molecule has 4 nitrogen and oxygen atoms in total. The molecule has 0 radical (unpaired) electrons. The summed E-state index contributed by atoms with van der Waals surface area (Å²) in [6, 6.07) is 7.71. The van der Waals surface area contributed by atoms with Crippen LogP contribution in [-0.2, 0) is 0 Å². The van der Waals surface area contributed by atoms with Crippen molar-refractivity contribution in [3.05, 3.63) is 53.1 Å². The minimum absolute atomic E-state index is 0. The Morgan fingerprint density at radius 3 is 2.17 bits per heavy atom. The molecule has 23 heavy (non-hydrogen) atoms. The van der Waals surface area contributed by atoms with E-state index in [1.54, 1.807) is 19.1 Å². The number of alkyl halides is 3. The molecule has 0 saturated carbocycles. The molecule has 0 amide bonds. The van der Waals surface area contributed by atoms with Gasteiger partial charge in [-0.1, -0.05) is 18.2 Å². The maximum atomic E-state index is 12.1. The van der Waals surface area contributed by atoms with Crippen LogP contribution in [0, 0.1) is 6.92 Å². The van der Waals surface area contributed by atoms with E-state index >= 15 is 0 Å². The van der Waals surface area contributed by atoms with Crippen LogP contribution in [0.5, 0.6) is 11.5 Å². The lowest BCUT2D eigenvalue weighted by atomic mass is 9.94. The highest BCUT2D eigenvalue weighted by molar-refractivity contribution is 5.85. The van der Waals surface area contributed by atoms with Crippen LogP contribution in [0.1, 0.15) is 22.7 Å². The predicted molar refractivity (Wildman–Crippen MR) is 83.7 cm³/mol. The highest BCUT2D eigenvalue weighted by atomic mass is 35.5. The summed E-state index contributed by atoms with van der Waals surface area (Å²) in [5.41, 5.74) is 13.6. The van der Waals surface area contributed by atoms with Crippen LogP contribution in [0.2, 0.25) is 0 Å². The fraction of sp³-hybridized carbons (Fsp3) is 0.200. The molecule has 2 aromatic carbocycles. The van der Waals surface area contributed by atoms with Crippen molar-refractivity contribution in [1.29, 1.82) is 0 Å². The van der Waals surface area contributed by atoms with E-state index in [-0.39, 0.29) is 29.6 Å². The average Bonchev–Trinajstić information content (AvgIpc) is 2.42. The normalized spacial score (nSPS) is 12.4. The zero-order valence-electron chi connectivity index (χ0n) is 12.1. The number of halogens is 4. The highest BCUT2D eigenvalue weighted by Crippen LogP contribution is 2.35. The summed E-state index contributed by atoms with van der Waals surface area (Å²) in [6.45, 7) is 1.76. The van der Waals surface area contributed by atoms with Gasteiger partial charge < -0.3 is 21.3 Å². The number of aromatic hydroxyl groups is 1. The summed E-state index contributed by atoms with van der Waals surface area (Å²) < 4.78 is 40.2. The van der Waals surface area contributed by atoms with E-state index in [1.165, 1.54) is 24.3 Å². The Morgan fingerprint density at radius 2 is 1.65 bits per heavy atom. The first kappa shape index (κ1) is 18.9. The summed E-state index contributed by atoms with van der Waals surface area (Å²) >= 11 is 0. The van der Waals surface area contributed by atoms with Crippen molar-refractivity contribution in [3.8, 4) is 11.5 Å². The molecule has 5 N–H and O–H groups in total. The molecule has 0 fully saturated rings. The zero-order valence-corrected chi connectivity index (χ0v) is 12.9. The smallest absolute Gasteiger partial charge is 0.505 e. The number of nitrogens with two attached hydrogens (primary N) is 2. The fourth-order valence-electron chi connectivity index (χ4n) is 2.16. The Hall–Kier alpha value is -2.12. The Balaban J connectivity index is 0.00000264. The fourth-order valence-corrected chi connectivity index (χ4v) is 2.16. The third-order valence-electron chi connectivity index (χ3n) is 3.25. The molecule has 0 spiro atoms. The Labute approximate surface area is 137 Å². The molecule has 0 saturated heterocycles. The zero-order chi connectivity index (χ0) is 16.5. The minimum Gasteiger partial charge on any atom is -0.505 e. The summed E-state index contributed by atoms with van der Waals surface area (Å²) in [6.07, 6.45) is -4.74. The van der Waals surface area contributed by atoms with Crippen molar-refractivity contribution >= 4 is 18.1 Å². The molecule has 8 heteroatoms. The van der Waals surface area contributed by atoms with Gasteiger partial charge in [-0.3, -0.25) is 0 Å². The SMILES string of the molecule is Cc1ccc(N)c(O)c1[C@H](N)c1ccc(OC(F)(F)F)cc1.Cl. The molecule has 0 bridgehead atoms.